The second-order valence-corrected chi connectivity index (χ2v) is 9.42. The molecule has 0 spiro atoms. The Hall–Kier alpha value is -2.57. The van der Waals surface area contributed by atoms with Crippen LogP contribution in [0, 0.1) is 5.92 Å². The van der Waals surface area contributed by atoms with E-state index in [9.17, 15) is 9.59 Å². The Labute approximate surface area is 188 Å². The molecule has 0 saturated carbocycles. The van der Waals surface area contributed by atoms with Gasteiger partial charge in [0.05, 0.1) is 10.6 Å². The zero-order valence-corrected chi connectivity index (χ0v) is 18.7. The molecule has 0 radical (unpaired) electrons. The summed E-state index contributed by atoms with van der Waals surface area (Å²) in [4.78, 5) is 29.0. The van der Waals surface area contributed by atoms with Crippen LogP contribution in [-0.2, 0) is 4.79 Å². The maximum atomic E-state index is 12.4. The number of hydrogen-bond acceptors (Lipinski definition) is 4. The van der Waals surface area contributed by atoms with E-state index in [-0.39, 0.29) is 11.8 Å². The van der Waals surface area contributed by atoms with Gasteiger partial charge in [-0.15, -0.1) is 0 Å². The van der Waals surface area contributed by atoms with E-state index in [1.54, 1.807) is 0 Å². The molecule has 1 atom stereocenters. The molecule has 0 aliphatic carbocycles. The van der Waals surface area contributed by atoms with Gasteiger partial charge in [0.1, 0.15) is 0 Å². The fourth-order valence-electron chi connectivity index (χ4n) is 4.08. The van der Waals surface area contributed by atoms with Crippen LogP contribution in [0.4, 0.5) is 5.69 Å². The Balaban J connectivity index is 1.28. The van der Waals surface area contributed by atoms with Gasteiger partial charge in [0.2, 0.25) is 0 Å². The van der Waals surface area contributed by atoms with Crippen LogP contribution in [0.2, 0.25) is 0 Å². The number of piperidine rings is 1. The standard InChI is InChI=1S/C25H29N3O2S/c1-18-6-4-14-28(17-18)15-5-13-26-24(29)20-11-9-19(10-12-20)16-23-25(30)27-21-7-2-3-8-22(21)31-23/h2-3,7-12,16,18H,4-6,13-15,17H2,1H3,(H,26,29)(H,27,30)/b23-16+. The van der Waals surface area contributed by atoms with Gasteiger partial charge < -0.3 is 15.5 Å². The SMILES string of the molecule is CC1CCCN(CCCNC(=O)c2ccc(/C=C3/Sc4ccccc4NC3=O)cc2)C1. The molecule has 2 aromatic carbocycles. The number of rotatable bonds is 6. The summed E-state index contributed by atoms with van der Waals surface area (Å²) >= 11 is 1.46. The highest BCUT2D eigenvalue weighted by Gasteiger charge is 2.20. The van der Waals surface area contributed by atoms with Crippen LogP contribution in [0.25, 0.3) is 6.08 Å². The van der Waals surface area contributed by atoms with Crippen molar-refractivity contribution in [1.29, 1.82) is 0 Å². The van der Waals surface area contributed by atoms with Gasteiger partial charge in [-0.2, -0.15) is 0 Å². The molecule has 5 nitrogen and oxygen atoms in total. The van der Waals surface area contributed by atoms with Gasteiger partial charge in [0.15, 0.2) is 0 Å². The molecular weight excluding hydrogens is 406 g/mol. The molecule has 1 saturated heterocycles. The van der Waals surface area contributed by atoms with Gasteiger partial charge in [0, 0.05) is 23.5 Å². The molecule has 162 valence electrons. The normalized spacial score (nSPS) is 20.2. The van der Waals surface area contributed by atoms with Crippen molar-refractivity contribution in [2.75, 3.05) is 31.5 Å². The fraction of sp³-hybridized carbons (Fsp3) is 0.360. The van der Waals surface area contributed by atoms with Crippen molar-refractivity contribution in [1.82, 2.24) is 10.2 Å². The van der Waals surface area contributed by atoms with Crippen LogP contribution in [0.15, 0.2) is 58.3 Å². The minimum absolute atomic E-state index is 0.0510. The van der Waals surface area contributed by atoms with Crippen molar-refractivity contribution in [3.05, 3.63) is 64.6 Å². The zero-order valence-electron chi connectivity index (χ0n) is 17.9. The van der Waals surface area contributed by atoms with Crippen molar-refractivity contribution in [3.63, 3.8) is 0 Å². The van der Waals surface area contributed by atoms with Crippen molar-refractivity contribution < 1.29 is 9.59 Å². The van der Waals surface area contributed by atoms with Gasteiger partial charge in [-0.25, -0.2) is 0 Å². The molecular formula is C25H29N3O2S. The van der Waals surface area contributed by atoms with Gasteiger partial charge >= 0.3 is 0 Å². The monoisotopic (exact) mass is 435 g/mol. The molecule has 2 N–H and O–H groups in total. The Morgan fingerprint density at radius 1 is 1.23 bits per heavy atom. The van der Waals surface area contributed by atoms with E-state index < -0.39 is 0 Å². The smallest absolute Gasteiger partial charge is 0.262 e. The molecule has 0 aromatic heterocycles. The summed E-state index contributed by atoms with van der Waals surface area (Å²) in [6.07, 6.45) is 5.44. The zero-order chi connectivity index (χ0) is 21.6. The minimum atomic E-state index is -0.103. The van der Waals surface area contributed by atoms with Crippen molar-refractivity contribution in [3.8, 4) is 0 Å². The highest BCUT2D eigenvalue weighted by molar-refractivity contribution is 8.04. The van der Waals surface area contributed by atoms with Crippen LogP contribution in [0.1, 0.15) is 42.1 Å². The summed E-state index contributed by atoms with van der Waals surface area (Å²) < 4.78 is 0. The topological polar surface area (TPSA) is 61.4 Å². The molecule has 1 unspecified atom stereocenters. The first kappa shape index (κ1) is 21.7. The number of anilines is 1. The summed E-state index contributed by atoms with van der Waals surface area (Å²) in [5, 5.41) is 5.94. The Morgan fingerprint density at radius 3 is 2.84 bits per heavy atom. The van der Waals surface area contributed by atoms with Crippen LogP contribution in [0.5, 0.6) is 0 Å². The number of nitrogens with one attached hydrogen (secondary N) is 2. The molecule has 2 aromatic rings. The lowest BCUT2D eigenvalue weighted by Crippen LogP contribution is -2.36. The third-order valence-electron chi connectivity index (χ3n) is 5.73. The van der Waals surface area contributed by atoms with Gasteiger partial charge in [-0.1, -0.05) is 43.0 Å². The summed E-state index contributed by atoms with van der Waals surface area (Å²) in [6.45, 7) is 6.39. The maximum absolute atomic E-state index is 12.4. The first-order chi connectivity index (χ1) is 15.1. The summed E-state index contributed by atoms with van der Waals surface area (Å²) in [7, 11) is 0. The molecule has 1 fully saturated rings. The van der Waals surface area contributed by atoms with Crippen LogP contribution < -0.4 is 10.6 Å². The molecule has 2 amide bonds. The van der Waals surface area contributed by atoms with E-state index in [0.29, 0.717) is 17.0 Å². The average molecular weight is 436 g/mol. The van der Waals surface area contributed by atoms with E-state index in [0.717, 1.165) is 35.0 Å². The summed E-state index contributed by atoms with van der Waals surface area (Å²) in [5.74, 6) is 0.628. The first-order valence-corrected chi connectivity index (χ1v) is 11.8. The molecule has 6 heteroatoms. The summed E-state index contributed by atoms with van der Waals surface area (Å²) in [5.41, 5.74) is 2.38. The molecule has 2 aliphatic rings. The minimum Gasteiger partial charge on any atom is -0.352 e. The number of carbonyl (C=O) groups excluding carboxylic acids is 2. The second-order valence-electron chi connectivity index (χ2n) is 8.34. The number of benzene rings is 2. The number of carbonyl (C=O) groups is 2. The molecule has 31 heavy (non-hydrogen) atoms. The van der Waals surface area contributed by atoms with Gasteiger partial charge in [-0.05, 0) is 74.2 Å². The number of hydrogen-bond donors (Lipinski definition) is 2. The number of thioether (sulfide) groups is 1. The fourth-order valence-corrected chi connectivity index (χ4v) is 5.03. The van der Waals surface area contributed by atoms with Crippen LogP contribution in [-0.4, -0.2) is 42.9 Å². The Kier molecular flexibility index (Phi) is 7.10. The number of likely N-dealkylation sites (tertiary alicyclic amines) is 1. The largest absolute Gasteiger partial charge is 0.352 e. The quantitative estimate of drug-likeness (QED) is 0.513. The van der Waals surface area contributed by atoms with Gasteiger partial charge in [0.25, 0.3) is 11.8 Å². The second kappa shape index (κ2) is 10.2. The third-order valence-corrected chi connectivity index (χ3v) is 6.83. The maximum Gasteiger partial charge on any atom is 0.262 e. The van der Waals surface area contributed by atoms with Crippen molar-refractivity contribution in [2.24, 2.45) is 5.92 Å². The third kappa shape index (κ3) is 5.77. The predicted octanol–water partition coefficient (Wildman–Crippen LogP) is 4.62. The molecule has 2 aliphatic heterocycles. The molecule has 4 rings (SSSR count). The number of fused-ring (bicyclic) bond motifs is 1. The Bertz CT molecular complexity index is 971. The molecule has 2 heterocycles. The van der Waals surface area contributed by atoms with E-state index in [2.05, 4.69) is 22.5 Å². The van der Waals surface area contributed by atoms with E-state index in [4.69, 9.17) is 0 Å². The Morgan fingerprint density at radius 2 is 2.03 bits per heavy atom. The van der Waals surface area contributed by atoms with E-state index in [1.807, 2.05) is 54.6 Å². The highest BCUT2D eigenvalue weighted by atomic mass is 32.2. The van der Waals surface area contributed by atoms with E-state index in [1.165, 1.54) is 37.7 Å². The van der Waals surface area contributed by atoms with Crippen LogP contribution in [0.3, 0.4) is 0 Å². The molecule has 0 bridgehead atoms. The van der Waals surface area contributed by atoms with Crippen molar-refractivity contribution in [2.45, 2.75) is 31.1 Å². The van der Waals surface area contributed by atoms with Crippen LogP contribution >= 0.6 is 11.8 Å². The number of nitrogens with zero attached hydrogens (tertiary/aromatic N) is 1. The lowest BCUT2D eigenvalue weighted by atomic mass is 10.0. The predicted molar refractivity (Wildman–Crippen MR) is 127 cm³/mol. The highest BCUT2D eigenvalue weighted by Crippen LogP contribution is 2.38. The lowest BCUT2D eigenvalue weighted by Gasteiger charge is -2.30. The summed E-state index contributed by atoms with van der Waals surface area (Å²) in [6, 6.07) is 15.1. The lowest BCUT2D eigenvalue weighted by molar-refractivity contribution is -0.112. The first-order valence-electron chi connectivity index (χ1n) is 11.0. The average Bonchev–Trinajstić information content (AvgIpc) is 2.78. The van der Waals surface area contributed by atoms with Crippen molar-refractivity contribution >= 4 is 35.3 Å². The van der Waals surface area contributed by atoms with E-state index >= 15 is 0 Å². The number of para-hydroxylation sites is 1. The number of amides is 2. The van der Waals surface area contributed by atoms with Gasteiger partial charge in [-0.3, -0.25) is 9.59 Å².